The van der Waals surface area contributed by atoms with Crippen LogP contribution in [0.1, 0.15) is 57.9 Å². The first-order chi connectivity index (χ1) is 14.5. The summed E-state index contributed by atoms with van der Waals surface area (Å²) in [6, 6.07) is 2.78. The summed E-state index contributed by atoms with van der Waals surface area (Å²) < 4.78 is 0. The lowest BCUT2D eigenvalue weighted by Gasteiger charge is -2.28. The third-order valence-corrected chi connectivity index (χ3v) is 6.23. The fraction of sp³-hybridized carbons (Fsp3) is 0.636. The van der Waals surface area contributed by atoms with Crippen LogP contribution in [-0.4, -0.2) is 51.8 Å². The zero-order valence-electron chi connectivity index (χ0n) is 18.1. The number of thioether (sulfide) groups is 1. The zero-order valence-corrected chi connectivity index (χ0v) is 18.9. The van der Waals surface area contributed by atoms with E-state index in [0.29, 0.717) is 31.3 Å². The van der Waals surface area contributed by atoms with Crippen molar-refractivity contribution in [2.24, 2.45) is 5.92 Å². The molecule has 0 spiro atoms. The minimum Gasteiger partial charge on any atom is -0.350 e. The first-order valence-corrected chi connectivity index (χ1v) is 11.8. The second-order valence-electron chi connectivity index (χ2n) is 7.86. The number of carbonyl (C=O) groups excluding carboxylic acids is 3. The van der Waals surface area contributed by atoms with Crippen molar-refractivity contribution in [1.29, 1.82) is 0 Å². The number of rotatable bonds is 10. The van der Waals surface area contributed by atoms with Gasteiger partial charge in [-0.05, 0) is 37.0 Å². The normalized spacial score (nSPS) is 15.3. The maximum absolute atomic E-state index is 12.8. The first-order valence-electron chi connectivity index (χ1n) is 10.8. The Balaban J connectivity index is 1.83. The van der Waals surface area contributed by atoms with Crippen LogP contribution in [-0.2, 0) is 16.1 Å². The molecule has 0 aromatic carbocycles. The predicted octanol–water partition coefficient (Wildman–Crippen LogP) is 3.35. The van der Waals surface area contributed by atoms with E-state index in [1.807, 2.05) is 12.1 Å². The number of hydrogen-bond acceptors (Lipinski definition) is 5. The van der Waals surface area contributed by atoms with Crippen molar-refractivity contribution in [3.63, 3.8) is 0 Å². The third-order valence-electron chi connectivity index (χ3n) is 5.44. The number of hydrogen-bond donors (Lipinski definition) is 2. The molecule has 30 heavy (non-hydrogen) atoms. The molecule has 8 heteroatoms. The van der Waals surface area contributed by atoms with Gasteiger partial charge in [0.1, 0.15) is 6.04 Å². The molecule has 1 aromatic rings. The zero-order chi connectivity index (χ0) is 21.8. The van der Waals surface area contributed by atoms with E-state index in [1.54, 1.807) is 24.2 Å². The van der Waals surface area contributed by atoms with Crippen LogP contribution >= 0.6 is 11.8 Å². The lowest BCUT2D eigenvalue weighted by atomic mass is 9.87. The SMILES string of the molecule is CC(=O)SCCN(CCC1CCCCC1)C(=O)NC(C)C(=O)NCc1ccncc1. The molecule has 0 saturated heterocycles. The van der Waals surface area contributed by atoms with E-state index in [1.165, 1.54) is 50.8 Å². The van der Waals surface area contributed by atoms with Crippen LogP contribution in [0.15, 0.2) is 24.5 Å². The van der Waals surface area contributed by atoms with Crippen molar-refractivity contribution in [3.8, 4) is 0 Å². The average Bonchev–Trinajstić information content (AvgIpc) is 2.75. The molecule has 0 radical (unpaired) electrons. The van der Waals surface area contributed by atoms with E-state index in [0.717, 1.165) is 12.0 Å². The molecule has 1 atom stereocenters. The number of urea groups is 1. The molecule has 2 rings (SSSR count). The van der Waals surface area contributed by atoms with Crippen LogP contribution in [0, 0.1) is 5.92 Å². The maximum atomic E-state index is 12.8. The molecule has 1 fully saturated rings. The molecule has 1 heterocycles. The quantitative estimate of drug-likeness (QED) is 0.589. The fourth-order valence-electron chi connectivity index (χ4n) is 3.61. The Hall–Kier alpha value is -2.09. The molecule has 1 aliphatic rings. The van der Waals surface area contributed by atoms with E-state index < -0.39 is 6.04 Å². The van der Waals surface area contributed by atoms with E-state index in [2.05, 4.69) is 15.6 Å². The smallest absolute Gasteiger partial charge is 0.318 e. The Morgan fingerprint density at radius 1 is 1.17 bits per heavy atom. The summed E-state index contributed by atoms with van der Waals surface area (Å²) in [7, 11) is 0. The van der Waals surface area contributed by atoms with Gasteiger partial charge in [-0.2, -0.15) is 0 Å². The topological polar surface area (TPSA) is 91.4 Å². The van der Waals surface area contributed by atoms with Crippen LogP contribution in [0.3, 0.4) is 0 Å². The summed E-state index contributed by atoms with van der Waals surface area (Å²) in [6.45, 7) is 4.76. The van der Waals surface area contributed by atoms with Gasteiger partial charge in [0.05, 0.1) is 0 Å². The minimum absolute atomic E-state index is 0.0477. The predicted molar refractivity (Wildman–Crippen MR) is 120 cm³/mol. The molecule has 1 unspecified atom stereocenters. The van der Waals surface area contributed by atoms with Crippen molar-refractivity contribution in [2.75, 3.05) is 18.8 Å². The minimum atomic E-state index is -0.642. The van der Waals surface area contributed by atoms with Crippen molar-refractivity contribution in [1.82, 2.24) is 20.5 Å². The largest absolute Gasteiger partial charge is 0.350 e. The maximum Gasteiger partial charge on any atom is 0.318 e. The van der Waals surface area contributed by atoms with Gasteiger partial charge in [-0.15, -0.1) is 0 Å². The second-order valence-corrected chi connectivity index (χ2v) is 9.14. The molecule has 1 saturated carbocycles. The summed E-state index contributed by atoms with van der Waals surface area (Å²) in [5.74, 6) is 0.997. The van der Waals surface area contributed by atoms with Crippen molar-refractivity contribution < 1.29 is 14.4 Å². The van der Waals surface area contributed by atoms with E-state index in [9.17, 15) is 14.4 Å². The molecule has 7 nitrogen and oxygen atoms in total. The van der Waals surface area contributed by atoms with Crippen LogP contribution in [0.25, 0.3) is 0 Å². The number of carbonyl (C=O) groups is 3. The fourth-order valence-corrected chi connectivity index (χ4v) is 4.21. The Labute approximate surface area is 183 Å². The van der Waals surface area contributed by atoms with Gasteiger partial charge in [-0.1, -0.05) is 43.9 Å². The van der Waals surface area contributed by atoms with Crippen molar-refractivity contribution in [3.05, 3.63) is 30.1 Å². The summed E-state index contributed by atoms with van der Waals surface area (Å²) in [5, 5.41) is 5.69. The van der Waals surface area contributed by atoms with Crippen molar-refractivity contribution >= 4 is 28.8 Å². The summed E-state index contributed by atoms with van der Waals surface area (Å²) in [4.78, 5) is 42.1. The highest BCUT2D eigenvalue weighted by atomic mass is 32.2. The molecular weight excluding hydrogens is 400 g/mol. The van der Waals surface area contributed by atoms with Crippen LogP contribution in [0.4, 0.5) is 4.79 Å². The third kappa shape index (κ3) is 9.15. The molecule has 1 aromatic heterocycles. The van der Waals surface area contributed by atoms with Gasteiger partial charge in [0.2, 0.25) is 5.91 Å². The lowest BCUT2D eigenvalue weighted by Crippen LogP contribution is -2.50. The summed E-state index contributed by atoms with van der Waals surface area (Å²) >= 11 is 1.22. The molecule has 0 bridgehead atoms. The van der Waals surface area contributed by atoms with Gasteiger partial charge in [-0.25, -0.2) is 4.79 Å². The highest BCUT2D eigenvalue weighted by Gasteiger charge is 2.22. The van der Waals surface area contributed by atoms with Crippen LogP contribution < -0.4 is 10.6 Å². The lowest BCUT2D eigenvalue weighted by molar-refractivity contribution is -0.122. The van der Waals surface area contributed by atoms with Gasteiger partial charge in [0.15, 0.2) is 5.12 Å². The van der Waals surface area contributed by atoms with E-state index in [4.69, 9.17) is 0 Å². The Bertz CT molecular complexity index is 680. The number of amides is 3. The second kappa shape index (κ2) is 13.3. The Morgan fingerprint density at radius 3 is 2.53 bits per heavy atom. The first kappa shape index (κ1) is 24.2. The number of aromatic nitrogens is 1. The summed E-state index contributed by atoms with van der Waals surface area (Å²) in [5.41, 5.74) is 0.951. The Kier molecular flexibility index (Phi) is 10.7. The number of nitrogens with one attached hydrogen (secondary N) is 2. The monoisotopic (exact) mass is 434 g/mol. The van der Waals surface area contributed by atoms with Gasteiger partial charge >= 0.3 is 6.03 Å². The molecule has 1 aliphatic carbocycles. The molecule has 3 amide bonds. The molecule has 0 aliphatic heterocycles. The van der Waals surface area contributed by atoms with Crippen LogP contribution in [0.2, 0.25) is 0 Å². The average molecular weight is 435 g/mol. The summed E-state index contributed by atoms with van der Waals surface area (Å²) in [6.07, 6.45) is 10.6. The van der Waals surface area contributed by atoms with Gasteiger partial charge in [0, 0.05) is 44.7 Å². The highest BCUT2D eigenvalue weighted by molar-refractivity contribution is 8.13. The van der Waals surface area contributed by atoms with Gasteiger partial charge in [-0.3, -0.25) is 14.6 Å². The molecule has 166 valence electrons. The van der Waals surface area contributed by atoms with Crippen LogP contribution in [0.5, 0.6) is 0 Å². The van der Waals surface area contributed by atoms with Crippen molar-refractivity contribution in [2.45, 2.75) is 65.0 Å². The van der Waals surface area contributed by atoms with Gasteiger partial charge < -0.3 is 15.5 Å². The van der Waals surface area contributed by atoms with E-state index >= 15 is 0 Å². The number of nitrogens with zero attached hydrogens (tertiary/aromatic N) is 2. The molecular formula is C22H34N4O3S. The number of pyridine rings is 1. The Morgan fingerprint density at radius 2 is 1.87 bits per heavy atom. The highest BCUT2D eigenvalue weighted by Crippen LogP contribution is 2.26. The molecule has 2 N–H and O–H groups in total. The van der Waals surface area contributed by atoms with Gasteiger partial charge in [0.25, 0.3) is 0 Å². The van der Waals surface area contributed by atoms with E-state index in [-0.39, 0.29) is 17.1 Å². The standard InChI is InChI=1S/C22H34N4O3S/c1-17(21(28)24-16-20-8-11-23-12-9-20)25-22(29)26(14-15-30-18(2)27)13-10-19-6-4-3-5-7-19/h8-9,11-12,17,19H,3-7,10,13-16H2,1-2H3,(H,24,28)(H,25,29).